The number of aliphatic carboxylic acids is 2. The zero-order valence-electron chi connectivity index (χ0n) is 17.3. The Morgan fingerprint density at radius 2 is 2.03 bits per heavy atom. The van der Waals surface area contributed by atoms with Crippen LogP contribution in [0.3, 0.4) is 0 Å². The van der Waals surface area contributed by atoms with Gasteiger partial charge in [-0.25, -0.2) is 14.8 Å². The summed E-state index contributed by atoms with van der Waals surface area (Å²) >= 11 is 0. The molecule has 168 valence electrons. The highest BCUT2D eigenvalue weighted by molar-refractivity contribution is 5.90. The summed E-state index contributed by atoms with van der Waals surface area (Å²) in [5, 5.41) is 38.9. The summed E-state index contributed by atoms with van der Waals surface area (Å²) in [6.45, 7) is 0. The van der Waals surface area contributed by atoms with Crippen molar-refractivity contribution < 1.29 is 24.9 Å². The van der Waals surface area contributed by atoms with Crippen LogP contribution in [-0.2, 0) is 9.59 Å². The number of aromatic nitrogens is 5. The van der Waals surface area contributed by atoms with Gasteiger partial charge in [0.2, 0.25) is 0 Å². The van der Waals surface area contributed by atoms with Crippen molar-refractivity contribution in [1.82, 2.24) is 24.7 Å². The quantitative estimate of drug-likeness (QED) is 0.429. The summed E-state index contributed by atoms with van der Waals surface area (Å²) < 4.78 is 1.97. The summed E-state index contributed by atoms with van der Waals surface area (Å²) in [6.07, 6.45) is 10.2. The Labute approximate surface area is 183 Å². The van der Waals surface area contributed by atoms with E-state index in [9.17, 15) is 14.9 Å². The monoisotopic (exact) mass is 440 g/mol. The van der Waals surface area contributed by atoms with E-state index < -0.39 is 24.5 Å². The van der Waals surface area contributed by atoms with Crippen LogP contribution in [0.4, 0.5) is 0 Å². The molecule has 0 aliphatic heterocycles. The van der Waals surface area contributed by atoms with Crippen molar-refractivity contribution in [3.63, 3.8) is 0 Å². The predicted octanol–water partition coefficient (Wildman–Crippen LogP) is 2.37. The molecule has 3 aromatic heterocycles. The number of nitriles is 1. The molecule has 32 heavy (non-hydrogen) atoms. The van der Waals surface area contributed by atoms with Gasteiger partial charge in [0.15, 0.2) is 6.10 Å². The predicted molar refractivity (Wildman–Crippen MR) is 112 cm³/mol. The average molecular weight is 440 g/mol. The maximum absolute atomic E-state index is 9.72. The number of aliphatic hydroxyl groups is 1. The number of carbonyl (C=O) groups is 2. The fourth-order valence-corrected chi connectivity index (χ4v) is 3.91. The van der Waals surface area contributed by atoms with Crippen LogP contribution in [0.15, 0.2) is 31.0 Å². The molecule has 4 N–H and O–H groups in total. The van der Waals surface area contributed by atoms with E-state index >= 15 is 0 Å². The van der Waals surface area contributed by atoms with Gasteiger partial charge in [0.05, 0.1) is 36.8 Å². The van der Waals surface area contributed by atoms with Crippen molar-refractivity contribution in [2.75, 3.05) is 0 Å². The second kappa shape index (κ2) is 10.5. The van der Waals surface area contributed by atoms with Crippen molar-refractivity contribution in [2.24, 2.45) is 5.92 Å². The standard InChI is InChI=1S/C17H18N6.C4H6O5/c18-7-5-15(12-3-1-2-4-12)23-10-13(9-22-23)16-14-6-8-19-17(14)21-11-20-16;5-2(4(8)9)1-3(6)7/h6,8-12,15H,1-5H2,(H,19,20,21);2,5H,1H2,(H,6,7)(H,8,9)/t15-;/m1./s1. The summed E-state index contributed by atoms with van der Waals surface area (Å²) in [6, 6.07) is 4.47. The molecule has 11 nitrogen and oxygen atoms in total. The third kappa shape index (κ3) is 5.47. The number of nitrogens with one attached hydrogen (secondary N) is 1. The first-order valence-corrected chi connectivity index (χ1v) is 10.2. The van der Waals surface area contributed by atoms with Gasteiger partial charge < -0.3 is 20.3 Å². The number of carboxylic acids is 2. The van der Waals surface area contributed by atoms with Crippen LogP contribution in [0.1, 0.15) is 44.6 Å². The zero-order valence-corrected chi connectivity index (χ0v) is 17.3. The fraction of sp³-hybridized carbons (Fsp3) is 0.429. The van der Waals surface area contributed by atoms with E-state index in [4.69, 9.17) is 15.3 Å². The van der Waals surface area contributed by atoms with Crippen LogP contribution < -0.4 is 0 Å². The van der Waals surface area contributed by atoms with Gasteiger partial charge in [-0.15, -0.1) is 0 Å². The molecule has 1 saturated carbocycles. The maximum Gasteiger partial charge on any atom is 0.333 e. The van der Waals surface area contributed by atoms with E-state index in [1.807, 2.05) is 29.3 Å². The van der Waals surface area contributed by atoms with Crippen LogP contribution in [0, 0.1) is 17.2 Å². The molecule has 11 heteroatoms. The molecule has 0 spiro atoms. The molecule has 1 aliphatic rings. The SMILES string of the molecule is N#CC[C@H](C1CCCC1)n1cc(-c2ncnc3[nH]ccc23)cn1.O=C(O)CC(O)C(=O)O. The molecule has 3 aromatic rings. The molecule has 0 amide bonds. The first-order chi connectivity index (χ1) is 15.4. The number of carboxylic acid groups (broad SMARTS) is 2. The van der Waals surface area contributed by atoms with E-state index in [0.717, 1.165) is 22.3 Å². The van der Waals surface area contributed by atoms with Crippen molar-refractivity contribution in [3.8, 4) is 17.3 Å². The molecular formula is C21H24N6O5. The van der Waals surface area contributed by atoms with Crippen molar-refractivity contribution in [1.29, 1.82) is 5.26 Å². The number of aliphatic hydroxyl groups excluding tert-OH is 1. The van der Waals surface area contributed by atoms with Gasteiger partial charge >= 0.3 is 11.9 Å². The number of fused-ring (bicyclic) bond motifs is 1. The Hall–Kier alpha value is -3.78. The molecule has 3 heterocycles. The Kier molecular flexibility index (Phi) is 7.51. The van der Waals surface area contributed by atoms with Crippen molar-refractivity contribution in [3.05, 3.63) is 31.0 Å². The third-order valence-electron chi connectivity index (χ3n) is 5.47. The van der Waals surface area contributed by atoms with Crippen molar-refractivity contribution in [2.45, 2.75) is 50.7 Å². The first-order valence-electron chi connectivity index (χ1n) is 10.2. The molecule has 2 atom stereocenters. The van der Waals surface area contributed by atoms with Crippen LogP contribution in [0.2, 0.25) is 0 Å². The summed E-state index contributed by atoms with van der Waals surface area (Å²) in [4.78, 5) is 31.2. The lowest BCUT2D eigenvalue weighted by Gasteiger charge is -2.21. The summed E-state index contributed by atoms with van der Waals surface area (Å²) in [5.74, 6) is -2.29. The van der Waals surface area contributed by atoms with Gasteiger partial charge in [-0.2, -0.15) is 10.4 Å². The minimum Gasteiger partial charge on any atom is -0.481 e. The molecule has 0 radical (unpaired) electrons. The molecule has 0 aromatic carbocycles. The average Bonchev–Trinajstić information content (AvgIpc) is 3.53. The van der Waals surface area contributed by atoms with Gasteiger partial charge in [-0.1, -0.05) is 12.8 Å². The van der Waals surface area contributed by atoms with Crippen LogP contribution in [0.25, 0.3) is 22.3 Å². The summed E-state index contributed by atoms with van der Waals surface area (Å²) in [7, 11) is 0. The van der Waals surface area contributed by atoms with E-state index in [-0.39, 0.29) is 6.04 Å². The molecule has 1 unspecified atom stereocenters. The van der Waals surface area contributed by atoms with Crippen molar-refractivity contribution >= 4 is 23.0 Å². The molecule has 4 rings (SSSR count). The molecule has 1 aliphatic carbocycles. The number of H-pyrrole nitrogens is 1. The van der Waals surface area contributed by atoms with Gasteiger partial charge in [0, 0.05) is 23.3 Å². The number of nitrogens with zero attached hydrogens (tertiary/aromatic N) is 5. The third-order valence-corrected chi connectivity index (χ3v) is 5.47. The molecule has 1 fully saturated rings. The summed E-state index contributed by atoms with van der Waals surface area (Å²) in [5.41, 5.74) is 2.68. The highest BCUT2D eigenvalue weighted by Gasteiger charge is 2.27. The lowest BCUT2D eigenvalue weighted by Crippen LogP contribution is -2.22. The number of aromatic amines is 1. The Balaban J connectivity index is 0.000000275. The van der Waals surface area contributed by atoms with Crippen LogP contribution in [-0.4, -0.2) is 58.1 Å². The Morgan fingerprint density at radius 3 is 2.66 bits per heavy atom. The fourth-order valence-electron chi connectivity index (χ4n) is 3.91. The smallest absolute Gasteiger partial charge is 0.333 e. The maximum atomic E-state index is 9.72. The highest BCUT2D eigenvalue weighted by Crippen LogP contribution is 2.36. The molecule has 0 saturated heterocycles. The normalized spacial score (nSPS) is 15.5. The topological polar surface area (TPSA) is 178 Å². The van der Waals surface area contributed by atoms with Gasteiger partial charge in [0.1, 0.15) is 12.0 Å². The minimum absolute atomic E-state index is 0.166. The minimum atomic E-state index is -1.79. The van der Waals surface area contributed by atoms with Crippen LogP contribution in [0.5, 0.6) is 0 Å². The zero-order chi connectivity index (χ0) is 23.1. The largest absolute Gasteiger partial charge is 0.481 e. The molecule has 0 bridgehead atoms. The van der Waals surface area contributed by atoms with E-state index in [1.54, 1.807) is 6.33 Å². The highest BCUT2D eigenvalue weighted by atomic mass is 16.4. The first kappa shape index (κ1) is 22.9. The number of hydrogen-bond acceptors (Lipinski definition) is 7. The van der Waals surface area contributed by atoms with Gasteiger partial charge in [-0.05, 0) is 24.8 Å². The number of rotatable bonds is 7. The van der Waals surface area contributed by atoms with E-state index in [2.05, 4.69) is 26.1 Å². The second-order valence-corrected chi connectivity index (χ2v) is 7.60. The van der Waals surface area contributed by atoms with Crippen LogP contribution >= 0.6 is 0 Å². The second-order valence-electron chi connectivity index (χ2n) is 7.60. The van der Waals surface area contributed by atoms with E-state index in [0.29, 0.717) is 12.3 Å². The Bertz CT molecular complexity index is 1110. The van der Waals surface area contributed by atoms with E-state index in [1.165, 1.54) is 25.7 Å². The lowest BCUT2D eigenvalue weighted by molar-refractivity contribution is -0.152. The number of hydrogen-bond donors (Lipinski definition) is 4. The molecular weight excluding hydrogens is 416 g/mol. The van der Waals surface area contributed by atoms with Gasteiger partial charge in [-0.3, -0.25) is 9.48 Å². The lowest BCUT2D eigenvalue weighted by atomic mass is 9.96. The van der Waals surface area contributed by atoms with Gasteiger partial charge in [0.25, 0.3) is 0 Å². The Morgan fingerprint density at radius 1 is 1.28 bits per heavy atom.